The number of hydrogen-bond donors (Lipinski definition) is 1. The number of amides is 3. The number of benzene rings is 2. The number of phenols is 1. The van der Waals surface area contributed by atoms with E-state index in [1.165, 1.54) is 27.3 Å². The highest BCUT2D eigenvalue weighted by Crippen LogP contribution is 2.54. The zero-order chi connectivity index (χ0) is 28.8. The number of thioether (sulfide) groups is 1. The highest BCUT2D eigenvalue weighted by atomic mass is 79.9. The Bertz CT molecular complexity index is 1580. The van der Waals surface area contributed by atoms with Crippen molar-refractivity contribution in [3.8, 4) is 11.5 Å². The maximum absolute atomic E-state index is 14.0. The summed E-state index contributed by atoms with van der Waals surface area (Å²) < 4.78 is 13.2. The molecule has 2 saturated heterocycles. The van der Waals surface area contributed by atoms with Gasteiger partial charge in [-0.3, -0.25) is 23.7 Å². The third-order valence-electron chi connectivity index (χ3n) is 7.43. The van der Waals surface area contributed by atoms with Gasteiger partial charge in [0.1, 0.15) is 11.8 Å². The predicted octanol–water partition coefficient (Wildman–Crippen LogP) is 3.43. The Hall–Kier alpha value is -3.13. The van der Waals surface area contributed by atoms with Gasteiger partial charge in [-0.05, 0) is 48.9 Å². The van der Waals surface area contributed by atoms with Gasteiger partial charge >= 0.3 is 4.87 Å². The molecule has 2 unspecified atom stereocenters. The second kappa shape index (κ2) is 11.3. The molecular weight excluding hydrogens is 634 g/mol. The molecule has 214 valence electrons. The topological polar surface area (TPSA) is 118 Å². The minimum absolute atomic E-state index is 0.0512. The van der Waals surface area contributed by atoms with Crippen molar-refractivity contribution in [2.45, 2.75) is 29.7 Å². The summed E-state index contributed by atoms with van der Waals surface area (Å²) in [6.07, 6.45) is 0. The Kier molecular flexibility index (Phi) is 7.70. The lowest BCUT2D eigenvalue weighted by atomic mass is 9.83. The quantitative estimate of drug-likeness (QED) is 0.400. The van der Waals surface area contributed by atoms with Crippen molar-refractivity contribution < 1.29 is 29.0 Å². The van der Waals surface area contributed by atoms with Crippen molar-refractivity contribution in [1.82, 2.24) is 9.47 Å². The van der Waals surface area contributed by atoms with Gasteiger partial charge in [-0.2, -0.15) is 0 Å². The molecule has 1 N–H and O–H groups in total. The van der Waals surface area contributed by atoms with Crippen LogP contribution < -0.4 is 14.5 Å². The van der Waals surface area contributed by atoms with E-state index in [1.54, 1.807) is 48.2 Å². The number of rotatable bonds is 6. The van der Waals surface area contributed by atoms with Gasteiger partial charge in [0.15, 0.2) is 11.5 Å². The Morgan fingerprint density at radius 3 is 2.54 bits per heavy atom. The van der Waals surface area contributed by atoms with Crippen LogP contribution in [0.5, 0.6) is 11.5 Å². The Morgan fingerprint density at radius 2 is 1.83 bits per heavy atom. The molecule has 3 atom stereocenters. The third kappa shape index (κ3) is 4.98. The summed E-state index contributed by atoms with van der Waals surface area (Å²) in [6, 6.07) is 11.8. The lowest BCUT2D eigenvalue weighted by Gasteiger charge is -2.31. The van der Waals surface area contributed by atoms with Gasteiger partial charge in [-0.1, -0.05) is 45.1 Å². The molecular formula is C28H26BrN3O7S2. The fourth-order valence-corrected chi connectivity index (χ4v) is 8.54. The Labute approximate surface area is 252 Å². The Balaban J connectivity index is 1.45. The number of hydrogen-bond acceptors (Lipinski definition) is 9. The first kappa shape index (κ1) is 28.0. The summed E-state index contributed by atoms with van der Waals surface area (Å²) in [5, 5.41) is 10.1. The zero-order valence-electron chi connectivity index (χ0n) is 21.9. The number of anilines is 1. The summed E-state index contributed by atoms with van der Waals surface area (Å²) in [5.74, 6) is -2.22. The van der Waals surface area contributed by atoms with Crippen LogP contribution in [0.3, 0.4) is 0 Å². The van der Waals surface area contributed by atoms with Gasteiger partial charge in [0, 0.05) is 28.4 Å². The average molecular weight is 661 g/mol. The lowest BCUT2D eigenvalue weighted by Crippen LogP contribution is -2.43. The number of aromatic nitrogens is 1. The zero-order valence-corrected chi connectivity index (χ0v) is 25.2. The largest absolute Gasteiger partial charge is 0.504 e. The van der Waals surface area contributed by atoms with Gasteiger partial charge in [-0.15, -0.1) is 0 Å². The number of halogens is 1. The number of morpholine rings is 1. The first-order valence-electron chi connectivity index (χ1n) is 13.1. The van der Waals surface area contributed by atoms with Crippen molar-refractivity contribution >= 4 is 62.4 Å². The second-order valence-electron chi connectivity index (χ2n) is 9.81. The molecule has 3 amide bonds. The van der Waals surface area contributed by atoms with E-state index in [0.29, 0.717) is 54.1 Å². The van der Waals surface area contributed by atoms with Gasteiger partial charge < -0.3 is 19.5 Å². The van der Waals surface area contributed by atoms with E-state index in [-0.39, 0.29) is 40.6 Å². The van der Waals surface area contributed by atoms with Crippen LogP contribution in [0.1, 0.15) is 23.3 Å². The number of carbonyl (C=O) groups excluding carboxylic acids is 3. The number of phenolic OH excluding ortho intramolecular Hbond substituents is 1. The molecule has 3 aliphatic rings. The number of nitrogens with zero attached hydrogens (tertiary/aromatic N) is 3. The van der Waals surface area contributed by atoms with E-state index < -0.39 is 17.1 Å². The molecule has 6 rings (SSSR count). The number of carbonyl (C=O) groups is 3. The van der Waals surface area contributed by atoms with Crippen molar-refractivity contribution in [3.05, 3.63) is 67.0 Å². The summed E-state index contributed by atoms with van der Waals surface area (Å²) in [4.78, 5) is 57.6. The summed E-state index contributed by atoms with van der Waals surface area (Å²) in [5.41, 5.74) is 1.09. The minimum atomic E-state index is -0.813. The van der Waals surface area contributed by atoms with Crippen molar-refractivity contribution in [2.24, 2.45) is 5.92 Å². The molecule has 0 radical (unpaired) electrons. The standard InChI is InChI=1S/C28H26BrN3O7S2/c1-2-39-19-13-15(3-8-18(19)33)21-22-23(26(36)32(25(22)35)17-6-4-16(29)5-7-17)40-27-24(21)41-28(37)31(27)14-20(34)30-9-11-38-12-10-30/h3-8,13,21-23,33H,2,9-12,14H2,1H3/t21-,22?,23?/m0/s1. The normalized spacial score (nSPS) is 22.0. The van der Waals surface area contributed by atoms with Crippen LogP contribution >= 0.6 is 39.0 Å². The molecule has 3 aliphatic heterocycles. The van der Waals surface area contributed by atoms with Gasteiger partial charge in [0.05, 0.1) is 36.5 Å². The van der Waals surface area contributed by atoms with Crippen LogP contribution in [-0.2, 0) is 25.7 Å². The summed E-state index contributed by atoms with van der Waals surface area (Å²) in [6.45, 7) is 3.72. The minimum Gasteiger partial charge on any atom is -0.504 e. The molecule has 0 saturated carbocycles. The van der Waals surface area contributed by atoms with E-state index in [0.717, 1.165) is 15.8 Å². The monoisotopic (exact) mass is 659 g/mol. The van der Waals surface area contributed by atoms with E-state index in [2.05, 4.69) is 15.9 Å². The van der Waals surface area contributed by atoms with E-state index in [9.17, 15) is 24.3 Å². The SMILES string of the molecule is CCOc1cc([C@@H]2c3sc(=O)n(CC(=O)N4CCOCC4)c3SC3C(=O)N(c4ccc(Br)cc4)C(=O)C32)ccc1O. The first-order valence-corrected chi connectivity index (χ1v) is 15.6. The Morgan fingerprint density at radius 1 is 1.10 bits per heavy atom. The third-order valence-corrected chi connectivity index (χ3v) is 10.6. The molecule has 0 aliphatic carbocycles. The van der Waals surface area contributed by atoms with Crippen LogP contribution in [0.15, 0.2) is 56.8 Å². The molecule has 13 heteroatoms. The highest BCUT2D eigenvalue weighted by molar-refractivity contribution is 9.10. The van der Waals surface area contributed by atoms with Crippen LogP contribution in [0.25, 0.3) is 0 Å². The van der Waals surface area contributed by atoms with Crippen molar-refractivity contribution in [2.75, 3.05) is 37.8 Å². The first-order chi connectivity index (χ1) is 19.8. The highest BCUT2D eigenvalue weighted by Gasteiger charge is 2.57. The van der Waals surface area contributed by atoms with E-state index in [1.807, 2.05) is 0 Å². The maximum Gasteiger partial charge on any atom is 0.308 e. The van der Waals surface area contributed by atoms with Crippen LogP contribution in [-0.4, -0.2) is 70.5 Å². The summed E-state index contributed by atoms with van der Waals surface area (Å²) >= 11 is 5.55. The predicted molar refractivity (Wildman–Crippen MR) is 157 cm³/mol. The molecule has 0 bridgehead atoms. The van der Waals surface area contributed by atoms with E-state index >= 15 is 0 Å². The van der Waals surface area contributed by atoms with Crippen molar-refractivity contribution in [3.63, 3.8) is 0 Å². The van der Waals surface area contributed by atoms with Gasteiger partial charge in [-0.25, -0.2) is 4.90 Å². The second-order valence-corrected chi connectivity index (χ2v) is 12.8. The molecule has 0 spiro atoms. The lowest BCUT2D eigenvalue weighted by molar-refractivity contribution is -0.136. The molecule has 1 aromatic heterocycles. The van der Waals surface area contributed by atoms with Crippen LogP contribution in [0.4, 0.5) is 5.69 Å². The van der Waals surface area contributed by atoms with E-state index in [4.69, 9.17) is 9.47 Å². The number of ether oxygens (including phenoxy) is 2. The number of imide groups is 1. The van der Waals surface area contributed by atoms with Crippen LogP contribution in [0.2, 0.25) is 0 Å². The fourth-order valence-electron chi connectivity index (χ4n) is 5.50. The molecule has 10 nitrogen and oxygen atoms in total. The van der Waals surface area contributed by atoms with Gasteiger partial charge in [0.2, 0.25) is 17.7 Å². The van der Waals surface area contributed by atoms with Crippen molar-refractivity contribution in [1.29, 1.82) is 0 Å². The molecule has 2 aromatic carbocycles. The summed E-state index contributed by atoms with van der Waals surface area (Å²) in [7, 11) is 0. The number of fused-ring (bicyclic) bond motifs is 2. The molecule has 3 aromatic rings. The smallest absolute Gasteiger partial charge is 0.308 e. The number of aromatic hydroxyl groups is 1. The maximum atomic E-state index is 14.0. The van der Waals surface area contributed by atoms with Crippen LogP contribution in [0, 0.1) is 5.92 Å². The average Bonchev–Trinajstić information content (AvgIpc) is 3.41. The van der Waals surface area contributed by atoms with Gasteiger partial charge in [0.25, 0.3) is 0 Å². The molecule has 41 heavy (non-hydrogen) atoms. The molecule has 2 fully saturated rings. The number of thiazole rings is 1. The fraction of sp³-hybridized carbons (Fsp3) is 0.357. The molecule has 4 heterocycles.